The highest BCUT2D eigenvalue weighted by Crippen LogP contribution is 2.58. The molecule has 3 aromatic rings. The van der Waals surface area contributed by atoms with E-state index in [1.165, 1.54) is 16.7 Å². The molecule has 0 atom stereocenters. The maximum atomic E-state index is 14.3. The van der Waals surface area contributed by atoms with Crippen molar-refractivity contribution < 1.29 is 14.6 Å². The van der Waals surface area contributed by atoms with Gasteiger partial charge in [-0.05, 0) is 126 Å². The van der Waals surface area contributed by atoms with E-state index in [1.807, 2.05) is 28.0 Å². The van der Waals surface area contributed by atoms with Gasteiger partial charge in [0, 0.05) is 30.3 Å². The summed E-state index contributed by atoms with van der Waals surface area (Å²) in [5.41, 5.74) is 5.70. The number of benzene rings is 1. The van der Waals surface area contributed by atoms with Gasteiger partial charge in [-0.2, -0.15) is 5.10 Å². The van der Waals surface area contributed by atoms with Gasteiger partial charge >= 0.3 is 0 Å². The topological polar surface area (TPSA) is 93.4 Å². The maximum absolute atomic E-state index is 14.3. The van der Waals surface area contributed by atoms with E-state index in [1.54, 1.807) is 13.4 Å². The number of nitrogens with zero attached hydrogens (tertiary/aromatic N) is 5. The summed E-state index contributed by atoms with van der Waals surface area (Å²) in [5, 5.41) is 14.7. The van der Waals surface area contributed by atoms with Crippen molar-refractivity contribution >= 4 is 11.7 Å². The lowest BCUT2D eigenvalue weighted by molar-refractivity contribution is -0.124. The van der Waals surface area contributed by atoms with Crippen LogP contribution >= 0.6 is 0 Å². The number of rotatable bonds is 7. The first-order valence-corrected chi connectivity index (χ1v) is 16.4. The molecule has 8 heteroatoms. The molecule has 0 unspecified atom stereocenters. The Morgan fingerprint density at radius 2 is 1.64 bits per heavy atom. The molecule has 44 heavy (non-hydrogen) atoms. The lowest BCUT2D eigenvalue weighted by Gasteiger charge is -2.55. The number of ether oxygens (including phenoxy) is 1. The number of aryl methyl sites for hydroxylation is 2. The number of amides is 1. The average molecular weight is 600 g/mol. The van der Waals surface area contributed by atoms with Crippen molar-refractivity contribution in [3.8, 4) is 17.0 Å². The molecule has 0 aliphatic heterocycles. The number of hydrogen-bond acceptors (Lipinski definition) is 6. The van der Waals surface area contributed by atoms with Crippen LogP contribution in [0.25, 0.3) is 11.3 Å². The van der Waals surface area contributed by atoms with Crippen LogP contribution in [0, 0.1) is 25.2 Å². The fraction of sp³-hybridized carbons (Fsp3) is 0.611. The maximum Gasteiger partial charge on any atom is 0.231 e. The number of aliphatic hydroxyl groups is 1. The van der Waals surface area contributed by atoms with Crippen LogP contribution < -0.4 is 9.64 Å². The fourth-order valence-electron chi connectivity index (χ4n) is 8.14. The van der Waals surface area contributed by atoms with Crippen molar-refractivity contribution in [3.63, 3.8) is 0 Å². The Morgan fingerprint density at radius 3 is 2.20 bits per heavy atom. The molecule has 0 radical (unpaired) electrons. The number of hydrogen-bond donors (Lipinski definition) is 1. The van der Waals surface area contributed by atoms with Crippen LogP contribution in [0.2, 0.25) is 0 Å². The number of carbonyl (C=O) groups is 1. The number of carbonyl (C=O) groups excluding carboxylic acids is 1. The molecule has 0 spiro atoms. The molecule has 4 fully saturated rings. The van der Waals surface area contributed by atoms with Crippen molar-refractivity contribution in [2.75, 3.05) is 18.6 Å². The lowest BCUT2D eigenvalue weighted by Crippen LogP contribution is -2.52. The van der Waals surface area contributed by atoms with Crippen LogP contribution in [0.1, 0.15) is 102 Å². The average Bonchev–Trinajstić information content (AvgIpc) is 3.53. The molecule has 4 aliphatic rings. The molecule has 2 heterocycles. The molecule has 2 aromatic heterocycles. The highest BCUT2D eigenvalue weighted by Gasteiger charge is 2.51. The van der Waals surface area contributed by atoms with Gasteiger partial charge in [-0.3, -0.25) is 14.4 Å². The number of aromatic nitrogens is 4. The van der Waals surface area contributed by atoms with Gasteiger partial charge in [0.25, 0.3) is 0 Å². The normalized spacial score (nSPS) is 26.9. The Bertz CT molecular complexity index is 1470. The first-order chi connectivity index (χ1) is 20.9. The minimum Gasteiger partial charge on any atom is -0.496 e. The summed E-state index contributed by atoms with van der Waals surface area (Å²) < 4.78 is 7.61. The summed E-state index contributed by atoms with van der Waals surface area (Å²) in [6.45, 7) is 11.3. The van der Waals surface area contributed by atoms with Gasteiger partial charge in [0.05, 0.1) is 30.6 Å². The molecular weight excluding hydrogens is 550 g/mol. The second-order valence-corrected chi connectivity index (χ2v) is 15.0. The first kappa shape index (κ1) is 30.8. The zero-order valence-electron chi connectivity index (χ0n) is 27.4. The van der Waals surface area contributed by atoms with Crippen LogP contribution in [0.15, 0.2) is 36.9 Å². The van der Waals surface area contributed by atoms with Crippen LogP contribution in [0.4, 0.5) is 5.82 Å². The van der Waals surface area contributed by atoms with Crippen molar-refractivity contribution in [1.82, 2.24) is 19.7 Å². The van der Waals surface area contributed by atoms with Crippen LogP contribution in [-0.4, -0.2) is 50.5 Å². The highest BCUT2D eigenvalue weighted by molar-refractivity contribution is 5.94. The zero-order valence-corrected chi connectivity index (χ0v) is 27.4. The number of aliphatic hydroxyl groups excluding tert-OH is 1. The van der Waals surface area contributed by atoms with Crippen LogP contribution in [0.5, 0.6) is 5.75 Å². The van der Waals surface area contributed by atoms with E-state index in [2.05, 4.69) is 56.8 Å². The van der Waals surface area contributed by atoms with Gasteiger partial charge in [0.2, 0.25) is 5.91 Å². The van der Waals surface area contributed by atoms with Gasteiger partial charge in [-0.25, -0.2) is 9.97 Å². The Kier molecular flexibility index (Phi) is 8.10. The Morgan fingerprint density at radius 1 is 1.00 bits per heavy atom. The molecule has 4 saturated carbocycles. The minimum atomic E-state index is -0.300. The Hall–Kier alpha value is -3.26. The predicted molar refractivity (Wildman–Crippen MR) is 173 cm³/mol. The largest absolute Gasteiger partial charge is 0.496 e. The van der Waals surface area contributed by atoms with Gasteiger partial charge in [0.15, 0.2) is 0 Å². The van der Waals surface area contributed by atoms with E-state index in [9.17, 15) is 9.90 Å². The number of fused-ring (bicyclic) bond motifs is 3. The van der Waals surface area contributed by atoms with E-state index in [0.29, 0.717) is 25.2 Å². The monoisotopic (exact) mass is 599 g/mol. The SMILES string of the molecule is COc1c(C)cc(C23CCC(CN(C(=O)C4CCC(O)CC4)c4cc(-c5cnn(C(C)(C)C)c5)ncn4)(CC2)CC3)cc1C. The molecule has 1 aromatic carbocycles. The molecule has 4 aliphatic carbocycles. The van der Waals surface area contributed by atoms with E-state index < -0.39 is 0 Å². The standard InChI is InChI=1S/C36H49N5O3/c1-24-17-28(18-25(2)32(24)44-6)36-14-11-35(12-15-36,13-16-36)22-40(33(43)26-7-9-29(42)10-8-26)31-19-30(37-23-38-31)27-20-39-41(21-27)34(3,4)5/h17-21,23,26,29,42H,7-16,22H2,1-6H3. The summed E-state index contributed by atoms with van der Waals surface area (Å²) >= 11 is 0. The predicted octanol–water partition coefficient (Wildman–Crippen LogP) is 6.90. The van der Waals surface area contributed by atoms with E-state index >= 15 is 0 Å². The molecule has 236 valence electrons. The highest BCUT2D eigenvalue weighted by atomic mass is 16.5. The van der Waals surface area contributed by atoms with Crippen molar-refractivity contribution in [2.45, 2.75) is 116 Å². The quantitative estimate of drug-likeness (QED) is 0.318. The number of anilines is 1. The first-order valence-electron chi connectivity index (χ1n) is 16.4. The van der Waals surface area contributed by atoms with Crippen molar-refractivity contribution in [2.24, 2.45) is 11.3 Å². The zero-order chi connectivity index (χ0) is 31.3. The lowest BCUT2D eigenvalue weighted by atomic mass is 9.51. The second-order valence-electron chi connectivity index (χ2n) is 15.0. The van der Waals surface area contributed by atoms with Crippen molar-refractivity contribution in [1.29, 1.82) is 0 Å². The Balaban J connectivity index is 1.28. The molecule has 8 nitrogen and oxygen atoms in total. The van der Waals surface area contributed by atoms with Crippen molar-refractivity contribution in [3.05, 3.63) is 53.6 Å². The van der Waals surface area contributed by atoms with Crippen LogP contribution in [-0.2, 0) is 15.7 Å². The van der Waals surface area contributed by atoms with Gasteiger partial charge in [0.1, 0.15) is 17.9 Å². The van der Waals surface area contributed by atoms with E-state index in [-0.39, 0.29) is 34.3 Å². The molecule has 0 saturated heterocycles. The molecular formula is C36H49N5O3. The third-order valence-electron chi connectivity index (χ3n) is 11.0. The third kappa shape index (κ3) is 5.78. The fourth-order valence-corrected chi connectivity index (χ4v) is 8.14. The summed E-state index contributed by atoms with van der Waals surface area (Å²) in [6.07, 6.45) is 14.7. The molecule has 1 amide bonds. The molecule has 7 rings (SSSR count). The second kappa shape index (κ2) is 11.6. The van der Waals surface area contributed by atoms with E-state index in [0.717, 1.165) is 68.4 Å². The molecule has 1 N–H and O–H groups in total. The summed E-state index contributed by atoms with van der Waals surface area (Å²) in [4.78, 5) is 25.6. The summed E-state index contributed by atoms with van der Waals surface area (Å²) in [5.74, 6) is 1.72. The number of methoxy groups -OCH3 is 1. The Labute approximate surface area is 262 Å². The summed E-state index contributed by atoms with van der Waals surface area (Å²) in [7, 11) is 1.75. The smallest absolute Gasteiger partial charge is 0.231 e. The van der Waals surface area contributed by atoms with Gasteiger partial charge in [-0.1, -0.05) is 12.1 Å². The van der Waals surface area contributed by atoms with Gasteiger partial charge in [-0.15, -0.1) is 0 Å². The minimum absolute atomic E-state index is 0.0738. The van der Waals surface area contributed by atoms with E-state index in [4.69, 9.17) is 9.72 Å². The third-order valence-corrected chi connectivity index (χ3v) is 11.0. The van der Waals surface area contributed by atoms with Gasteiger partial charge < -0.3 is 9.84 Å². The molecule has 2 bridgehead atoms. The summed E-state index contributed by atoms with van der Waals surface area (Å²) in [6, 6.07) is 6.67. The van der Waals surface area contributed by atoms with Crippen LogP contribution in [0.3, 0.4) is 0 Å².